The summed E-state index contributed by atoms with van der Waals surface area (Å²) >= 11 is 6.69. The number of amides is 1. The quantitative estimate of drug-likeness (QED) is 0.654. The van der Waals surface area contributed by atoms with Crippen molar-refractivity contribution in [2.24, 2.45) is 0 Å². The Morgan fingerprint density at radius 3 is 2.69 bits per heavy atom. The zero-order valence-electron chi connectivity index (χ0n) is 9.17. The van der Waals surface area contributed by atoms with Gasteiger partial charge in [0.25, 0.3) is 0 Å². The lowest BCUT2D eigenvalue weighted by atomic mass is 10.3. The van der Waals surface area contributed by atoms with Crippen molar-refractivity contribution in [2.75, 3.05) is 11.2 Å². The van der Waals surface area contributed by atoms with Gasteiger partial charge in [0.1, 0.15) is 0 Å². The van der Waals surface area contributed by atoms with Gasteiger partial charge in [0.15, 0.2) is 10.9 Å². The lowest BCUT2D eigenvalue weighted by molar-refractivity contribution is -0.116. The molecular formula is C10H13ClN2O2S. The highest BCUT2D eigenvalue weighted by Crippen LogP contribution is 2.22. The van der Waals surface area contributed by atoms with E-state index in [1.165, 1.54) is 18.3 Å². The molecule has 0 aliphatic rings. The molecule has 16 heavy (non-hydrogen) atoms. The number of hydrogen-bond donors (Lipinski definition) is 1. The molecule has 0 unspecified atom stereocenters. The number of carbonyl (C=O) groups is 2. The Hall–Kier alpha value is -0.940. The number of thiazole rings is 1. The van der Waals surface area contributed by atoms with Gasteiger partial charge in [0.2, 0.25) is 5.91 Å². The minimum atomic E-state index is -0.121. The van der Waals surface area contributed by atoms with Crippen molar-refractivity contribution in [3.63, 3.8) is 0 Å². The van der Waals surface area contributed by atoms with E-state index < -0.39 is 0 Å². The Balaban J connectivity index is 2.64. The van der Waals surface area contributed by atoms with Crippen LogP contribution in [0.4, 0.5) is 5.13 Å². The van der Waals surface area contributed by atoms with Crippen LogP contribution in [0.3, 0.4) is 0 Å². The van der Waals surface area contributed by atoms with Gasteiger partial charge in [-0.3, -0.25) is 9.59 Å². The zero-order valence-corrected chi connectivity index (χ0v) is 10.7. The monoisotopic (exact) mass is 260 g/mol. The molecule has 0 saturated carbocycles. The molecule has 1 N–H and O–H groups in total. The summed E-state index contributed by atoms with van der Waals surface area (Å²) in [7, 11) is 0. The van der Waals surface area contributed by atoms with Gasteiger partial charge in [-0.25, -0.2) is 4.98 Å². The predicted molar refractivity (Wildman–Crippen MR) is 65.4 cm³/mol. The second-order valence-corrected chi connectivity index (χ2v) is 4.71. The Labute approximate surface area is 103 Å². The van der Waals surface area contributed by atoms with Crippen LogP contribution in [-0.4, -0.2) is 22.6 Å². The second kappa shape index (κ2) is 5.96. The molecule has 1 aromatic rings. The number of aromatic nitrogens is 1. The van der Waals surface area contributed by atoms with E-state index in [0.717, 1.165) is 0 Å². The van der Waals surface area contributed by atoms with Gasteiger partial charge in [0.05, 0.1) is 10.6 Å². The van der Waals surface area contributed by atoms with Crippen LogP contribution in [0, 0.1) is 6.92 Å². The number of nitrogens with one attached hydrogen (secondary N) is 1. The molecule has 0 atom stereocenters. The van der Waals surface area contributed by atoms with Crippen LogP contribution in [0.15, 0.2) is 0 Å². The molecule has 0 aliphatic heterocycles. The van der Waals surface area contributed by atoms with Gasteiger partial charge in [-0.05, 0) is 13.3 Å². The number of nitrogens with zero attached hydrogens (tertiary/aromatic N) is 1. The van der Waals surface area contributed by atoms with E-state index in [2.05, 4.69) is 10.3 Å². The van der Waals surface area contributed by atoms with Crippen molar-refractivity contribution < 1.29 is 9.59 Å². The summed E-state index contributed by atoms with van der Waals surface area (Å²) in [5, 5.41) is 3.12. The summed E-state index contributed by atoms with van der Waals surface area (Å²) in [6, 6.07) is 0. The first-order valence-electron chi connectivity index (χ1n) is 4.88. The van der Waals surface area contributed by atoms with Crippen LogP contribution in [-0.2, 0) is 4.79 Å². The Morgan fingerprint density at radius 2 is 2.19 bits per heavy atom. The molecule has 1 heterocycles. The van der Waals surface area contributed by atoms with Gasteiger partial charge in [-0.2, -0.15) is 0 Å². The van der Waals surface area contributed by atoms with Gasteiger partial charge in [-0.15, -0.1) is 11.6 Å². The van der Waals surface area contributed by atoms with Crippen molar-refractivity contribution in [1.82, 2.24) is 4.98 Å². The predicted octanol–water partition coefficient (Wildman–Crippen LogP) is 2.61. The van der Waals surface area contributed by atoms with Crippen LogP contribution < -0.4 is 5.32 Å². The third kappa shape index (κ3) is 3.57. The Kier molecular flexibility index (Phi) is 4.89. The zero-order chi connectivity index (χ0) is 12.1. The third-order valence-corrected chi connectivity index (χ3v) is 3.34. The molecule has 6 heteroatoms. The molecule has 0 radical (unpaired) electrons. The van der Waals surface area contributed by atoms with Crippen LogP contribution >= 0.6 is 22.9 Å². The highest BCUT2D eigenvalue weighted by molar-refractivity contribution is 7.17. The molecule has 0 spiro atoms. The number of aryl methyl sites for hydroxylation is 1. The van der Waals surface area contributed by atoms with Crippen LogP contribution in [0.2, 0.25) is 0 Å². The highest BCUT2D eigenvalue weighted by atomic mass is 35.5. The van der Waals surface area contributed by atoms with E-state index in [1.54, 1.807) is 6.92 Å². The molecular weight excluding hydrogens is 248 g/mol. The van der Waals surface area contributed by atoms with E-state index in [4.69, 9.17) is 11.6 Å². The number of ketones is 1. The summed E-state index contributed by atoms with van der Waals surface area (Å²) in [4.78, 5) is 27.3. The molecule has 4 nitrogen and oxygen atoms in total. The summed E-state index contributed by atoms with van der Waals surface area (Å²) in [5.74, 6) is 0.309. The average Bonchev–Trinajstić information content (AvgIpc) is 2.56. The number of rotatable bonds is 5. The van der Waals surface area contributed by atoms with E-state index in [9.17, 15) is 9.59 Å². The molecule has 0 fully saturated rings. The van der Waals surface area contributed by atoms with Gasteiger partial charge in [-0.1, -0.05) is 11.3 Å². The van der Waals surface area contributed by atoms with Crippen molar-refractivity contribution in [3.05, 3.63) is 10.6 Å². The SMILES string of the molecule is CC(=O)c1sc(NC(=O)CCCCl)nc1C. The van der Waals surface area contributed by atoms with Crippen molar-refractivity contribution in [3.8, 4) is 0 Å². The van der Waals surface area contributed by atoms with Crippen molar-refractivity contribution in [1.29, 1.82) is 0 Å². The minimum Gasteiger partial charge on any atom is -0.302 e. The smallest absolute Gasteiger partial charge is 0.226 e. The highest BCUT2D eigenvalue weighted by Gasteiger charge is 2.12. The minimum absolute atomic E-state index is 0.0312. The van der Waals surface area contributed by atoms with Crippen molar-refractivity contribution >= 4 is 39.8 Å². The number of halogens is 1. The number of carbonyl (C=O) groups excluding carboxylic acids is 2. The van der Waals surface area contributed by atoms with E-state index in [1.807, 2.05) is 0 Å². The maximum Gasteiger partial charge on any atom is 0.226 e. The lowest BCUT2D eigenvalue weighted by Gasteiger charge is -1.98. The molecule has 0 saturated heterocycles. The molecule has 1 rings (SSSR count). The van der Waals surface area contributed by atoms with Crippen LogP contribution in [0.5, 0.6) is 0 Å². The lowest BCUT2D eigenvalue weighted by Crippen LogP contribution is -2.10. The number of anilines is 1. The fraction of sp³-hybridized carbons (Fsp3) is 0.500. The Bertz CT molecular complexity index is 404. The molecule has 1 amide bonds. The summed E-state index contributed by atoms with van der Waals surface area (Å²) < 4.78 is 0. The normalized spacial score (nSPS) is 10.2. The fourth-order valence-corrected chi connectivity index (χ4v) is 2.20. The van der Waals surface area contributed by atoms with Crippen molar-refractivity contribution in [2.45, 2.75) is 26.7 Å². The standard InChI is InChI=1S/C10H13ClN2O2S/c1-6-9(7(2)14)16-10(12-6)13-8(15)4-3-5-11/h3-5H2,1-2H3,(H,12,13,15). The van der Waals surface area contributed by atoms with Crippen LogP contribution in [0.1, 0.15) is 35.1 Å². The molecule has 0 aliphatic carbocycles. The average molecular weight is 261 g/mol. The topological polar surface area (TPSA) is 59.1 Å². The van der Waals surface area contributed by atoms with E-state index >= 15 is 0 Å². The Morgan fingerprint density at radius 1 is 1.50 bits per heavy atom. The summed E-state index contributed by atoms with van der Waals surface area (Å²) in [6.07, 6.45) is 1.01. The van der Waals surface area contributed by atoms with Gasteiger partial charge in [0, 0.05) is 19.2 Å². The first-order valence-corrected chi connectivity index (χ1v) is 6.24. The van der Waals surface area contributed by atoms with E-state index in [0.29, 0.717) is 34.4 Å². The van der Waals surface area contributed by atoms with E-state index in [-0.39, 0.29) is 11.7 Å². The molecule has 0 bridgehead atoms. The van der Waals surface area contributed by atoms with Gasteiger partial charge >= 0.3 is 0 Å². The number of hydrogen-bond acceptors (Lipinski definition) is 4. The van der Waals surface area contributed by atoms with Crippen LogP contribution in [0.25, 0.3) is 0 Å². The first-order chi connectivity index (χ1) is 7.54. The third-order valence-electron chi connectivity index (χ3n) is 1.90. The maximum atomic E-state index is 11.4. The largest absolute Gasteiger partial charge is 0.302 e. The molecule has 1 aromatic heterocycles. The summed E-state index contributed by atoms with van der Waals surface area (Å²) in [5.41, 5.74) is 0.658. The number of Topliss-reactive ketones (excluding diaryl/α,β-unsaturated/α-hetero) is 1. The molecule has 0 aromatic carbocycles. The maximum absolute atomic E-state index is 11.4. The molecule has 88 valence electrons. The second-order valence-electron chi connectivity index (χ2n) is 3.33. The summed E-state index contributed by atoms with van der Waals surface area (Å²) in [6.45, 7) is 3.24. The number of alkyl halides is 1. The van der Waals surface area contributed by atoms with Gasteiger partial charge < -0.3 is 5.32 Å². The fourth-order valence-electron chi connectivity index (χ4n) is 1.19. The first kappa shape index (κ1) is 13.1.